The Morgan fingerprint density at radius 2 is 1.86 bits per heavy atom. The minimum Gasteiger partial charge on any atom is -0.493 e. The molecule has 0 spiro atoms. The van der Waals surface area contributed by atoms with Gasteiger partial charge in [0.15, 0.2) is 23.9 Å². The lowest BCUT2D eigenvalue weighted by Gasteiger charge is -2.11. The molecule has 0 aliphatic carbocycles. The van der Waals surface area contributed by atoms with Crippen molar-refractivity contribution in [1.82, 2.24) is 5.43 Å². The summed E-state index contributed by atoms with van der Waals surface area (Å²) in [6.45, 7) is -0.213. The van der Waals surface area contributed by atoms with Crippen molar-refractivity contribution in [2.75, 3.05) is 19.0 Å². The maximum absolute atomic E-state index is 12.3. The SMILES string of the molecule is COc1cc(/C=N\NC(=O)c2cc3cc([N+](=O)[O-])ccc3o2)ccc1OCC(=O)Nc1ccccc1. The quantitative estimate of drug-likeness (QED) is 0.205. The number of carbonyl (C=O) groups is 2. The number of nitro benzene ring substituents is 1. The van der Waals surface area contributed by atoms with Gasteiger partial charge in [0.25, 0.3) is 11.6 Å². The molecule has 182 valence electrons. The largest absolute Gasteiger partial charge is 0.493 e. The van der Waals surface area contributed by atoms with Gasteiger partial charge in [-0.3, -0.25) is 19.7 Å². The lowest BCUT2D eigenvalue weighted by molar-refractivity contribution is -0.384. The molecule has 3 aromatic carbocycles. The van der Waals surface area contributed by atoms with Crippen LogP contribution in [-0.2, 0) is 4.79 Å². The second kappa shape index (κ2) is 10.8. The first-order valence-corrected chi connectivity index (χ1v) is 10.6. The standard InChI is InChI=1S/C25H20N4O7/c1-34-22-11-16(7-9-21(22)35-15-24(30)27-18-5-3-2-4-6-18)14-26-28-25(31)23-13-17-12-19(29(32)33)8-10-20(17)36-23/h2-14H,15H2,1H3,(H,27,30)(H,28,31)/b26-14-. The van der Waals surface area contributed by atoms with Crippen molar-refractivity contribution in [3.05, 3.63) is 94.2 Å². The van der Waals surface area contributed by atoms with Crippen molar-refractivity contribution in [3.63, 3.8) is 0 Å². The average molecular weight is 488 g/mol. The third-order valence-corrected chi connectivity index (χ3v) is 4.92. The monoisotopic (exact) mass is 488 g/mol. The Labute approximate surface area is 204 Å². The molecule has 2 amide bonds. The Kier molecular flexibility index (Phi) is 7.20. The van der Waals surface area contributed by atoms with Gasteiger partial charge in [0.2, 0.25) is 0 Å². The highest BCUT2D eigenvalue weighted by atomic mass is 16.6. The van der Waals surface area contributed by atoms with E-state index in [0.29, 0.717) is 33.7 Å². The van der Waals surface area contributed by atoms with Crippen LogP contribution in [0.1, 0.15) is 16.1 Å². The van der Waals surface area contributed by atoms with E-state index in [1.165, 1.54) is 37.6 Å². The van der Waals surface area contributed by atoms with E-state index in [1.807, 2.05) is 18.2 Å². The summed E-state index contributed by atoms with van der Waals surface area (Å²) in [6, 6.07) is 19.4. The normalized spacial score (nSPS) is 10.8. The van der Waals surface area contributed by atoms with Gasteiger partial charge in [-0.25, -0.2) is 5.43 Å². The van der Waals surface area contributed by atoms with E-state index in [1.54, 1.807) is 30.3 Å². The number of methoxy groups -OCH3 is 1. The van der Waals surface area contributed by atoms with Crippen LogP contribution in [0.15, 0.2) is 82.3 Å². The Balaban J connectivity index is 1.35. The molecule has 4 rings (SSSR count). The number of amides is 2. The maximum atomic E-state index is 12.3. The van der Waals surface area contributed by atoms with Gasteiger partial charge in [-0.05, 0) is 48.0 Å². The number of furan rings is 1. The summed E-state index contributed by atoms with van der Waals surface area (Å²) in [7, 11) is 1.46. The topological polar surface area (TPSA) is 145 Å². The first-order valence-electron chi connectivity index (χ1n) is 10.6. The minimum absolute atomic E-state index is 0.0437. The van der Waals surface area contributed by atoms with Gasteiger partial charge in [0.05, 0.1) is 18.2 Å². The predicted molar refractivity (Wildman–Crippen MR) is 131 cm³/mol. The van der Waals surface area contributed by atoms with Crippen LogP contribution >= 0.6 is 0 Å². The Bertz CT molecular complexity index is 1450. The summed E-state index contributed by atoms with van der Waals surface area (Å²) in [5.74, 6) is -0.258. The summed E-state index contributed by atoms with van der Waals surface area (Å²) in [5, 5.41) is 18.0. The lowest BCUT2D eigenvalue weighted by Crippen LogP contribution is -2.20. The number of ether oxygens (including phenoxy) is 2. The summed E-state index contributed by atoms with van der Waals surface area (Å²) in [4.78, 5) is 34.8. The third-order valence-electron chi connectivity index (χ3n) is 4.92. The fourth-order valence-corrected chi connectivity index (χ4v) is 3.22. The number of hydrogen-bond acceptors (Lipinski definition) is 8. The van der Waals surface area contributed by atoms with Crippen molar-refractivity contribution >= 4 is 40.4 Å². The number of nitrogens with zero attached hydrogens (tertiary/aromatic N) is 2. The zero-order valence-electron chi connectivity index (χ0n) is 19.0. The summed E-state index contributed by atoms with van der Waals surface area (Å²) in [5.41, 5.74) is 3.83. The summed E-state index contributed by atoms with van der Waals surface area (Å²) in [6.07, 6.45) is 1.39. The number of nitrogens with one attached hydrogen (secondary N) is 2. The fourth-order valence-electron chi connectivity index (χ4n) is 3.22. The molecular weight excluding hydrogens is 468 g/mol. The molecule has 2 N–H and O–H groups in total. The molecule has 0 aliphatic heterocycles. The predicted octanol–water partition coefficient (Wildman–Crippen LogP) is 4.13. The molecule has 0 radical (unpaired) electrons. The highest BCUT2D eigenvalue weighted by molar-refractivity contribution is 5.97. The van der Waals surface area contributed by atoms with E-state index in [2.05, 4.69) is 15.8 Å². The van der Waals surface area contributed by atoms with Crippen molar-refractivity contribution in [3.8, 4) is 11.5 Å². The second-order valence-corrected chi connectivity index (χ2v) is 7.40. The van der Waals surface area contributed by atoms with Gasteiger partial charge in [-0.15, -0.1) is 0 Å². The molecular formula is C25H20N4O7. The molecule has 36 heavy (non-hydrogen) atoms. The van der Waals surface area contributed by atoms with Crippen molar-refractivity contribution in [2.24, 2.45) is 5.10 Å². The summed E-state index contributed by atoms with van der Waals surface area (Å²) < 4.78 is 16.3. The number of fused-ring (bicyclic) bond motifs is 1. The molecule has 0 aliphatic rings. The number of hydrazone groups is 1. The van der Waals surface area contributed by atoms with E-state index in [-0.39, 0.29) is 24.0 Å². The van der Waals surface area contributed by atoms with Gasteiger partial charge < -0.3 is 19.2 Å². The smallest absolute Gasteiger partial charge is 0.307 e. The van der Waals surface area contributed by atoms with Gasteiger partial charge in [-0.2, -0.15) is 5.10 Å². The molecule has 4 aromatic rings. The molecule has 0 atom stereocenters. The highest BCUT2D eigenvalue weighted by Gasteiger charge is 2.15. The molecule has 11 nitrogen and oxygen atoms in total. The minimum atomic E-state index is -0.624. The summed E-state index contributed by atoms with van der Waals surface area (Å²) >= 11 is 0. The van der Waals surface area contributed by atoms with Gasteiger partial charge in [0.1, 0.15) is 5.58 Å². The number of nitro groups is 1. The lowest BCUT2D eigenvalue weighted by atomic mass is 10.2. The number of rotatable bonds is 9. The van der Waals surface area contributed by atoms with E-state index < -0.39 is 10.8 Å². The number of benzene rings is 3. The van der Waals surface area contributed by atoms with Crippen LogP contribution in [0.2, 0.25) is 0 Å². The number of anilines is 1. The zero-order chi connectivity index (χ0) is 25.5. The molecule has 0 saturated carbocycles. The van der Waals surface area contributed by atoms with E-state index >= 15 is 0 Å². The molecule has 0 saturated heterocycles. The molecule has 0 bridgehead atoms. The highest BCUT2D eigenvalue weighted by Crippen LogP contribution is 2.28. The molecule has 1 aromatic heterocycles. The van der Waals surface area contributed by atoms with Crippen LogP contribution in [0.3, 0.4) is 0 Å². The van der Waals surface area contributed by atoms with Gasteiger partial charge >= 0.3 is 5.91 Å². The molecule has 11 heteroatoms. The number of para-hydroxylation sites is 1. The second-order valence-electron chi connectivity index (χ2n) is 7.40. The van der Waals surface area contributed by atoms with Gasteiger partial charge in [0, 0.05) is 23.2 Å². The van der Waals surface area contributed by atoms with Gasteiger partial charge in [-0.1, -0.05) is 18.2 Å². The average Bonchev–Trinajstić information content (AvgIpc) is 3.32. The van der Waals surface area contributed by atoms with Crippen LogP contribution in [0.5, 0.6) is 11.5 Å². The Morgan fingerprint density at radius 1 is 1.06 bits per heavy atom. The zero-order valence-corrected chi connectivity index (χ0v) is 19.0. The van der Waals surface area contributed by atoms with Crippen LogP contribution in [0.4, 0.5) is 11.4 Å². The first kappa shape index (κ1) is 24.0. The maximum Gasteiger partial charge on any atom is 0.307 e. The number of non-ortho nitro benzene ring substituents is 1. The Hall–Kier alpha value is -5.19. The molecule has 0 unspecified atom stereocenters. The van der Waals surface area contributed by atoms with Crippen LogP contribution < -0.4 is 20.2 Å². The number of hydrogen-bond donors (Lipinski definition) is 2. The Morgan fingerprint density at radius 3 is 2.61 bits per heavy atom. The molecule has 0 fully saturated rings. The molecule has 1 heterocycles. The fraction of sp³-hybridized carbons (Fsp3) is 0.0800. The van der Waals surface area contributed by atoms with Crippen molar-refractivity contribution in [1.29, 1.82) is 0 Å². The number of carbonyl (C=O) groups excluding carboxylic acids is 2. The van der Waals surface area contributed by atoms with Crippen LogP contribution in [-0.4, -0.2) is 36.7 Å². The van der Waals surface area contributed by atoms with Crippen molar-refractivity contribution < 1.29 is 28.4 Å². The van der Waals surface area contributed by atoms with Crippen molar-refractivity contribution in [2.45, 2.75) is 0 Å². The third kappa shape index (κ3) is 5.83. The first-order chi connectivity index (χ1) is 17.4. The van der Waals surface area contributed by atoms with Crippen LogP contribution in [0.25, 0.3) is 11.0 Å². The van der Waals surface area contributed by atoms with E-state index in [9.17, 15) is 19.7 Å². The van der Waals surface area contributed by atoms with Crippen LogP contribution in [0, 0.1) is 10.1 Å². The van der Waals surface area contributed by atoms with E-state index in [4.69, 9.17) is 13.9 Å². The van der Waals surface area contributed by atoms with E-state index in [0.717, 1.165) is 0 Å².